The summed E-state index contributed by atoms with van der Waals surface area (Å²) >= 11 is 32.0. The van der Waals surface area contributed by atoms with E-state index in [1.54, 1.807) is 0 Å². The van der Waals surface area contributed by atoms with Crippen LogP contribution in [0.5, 0.6) is 0 Å². The van der Waals surface area contributed by atoms with E-state index < -0.39 is 15.7 Å². The van der Waals surface area contributed by atoms with Crippen molar-refractivity contribution in [1.82, 2.24) is 0 Å². The molecule has 0 aliphatic heterocycles. The minimum absolute atomic E-state index is 0. The summed E-state index contributed by atoms with van der Waals surface area (Å²) in [6.45, 7) is 6.21. The van der Waals surface area contributed by atoms with Crippen molar-refractivity contribution in [3.8, 4) is 0 Å². The number of benzene rings is 3. The summed E-state index contributed by atoms with van der Waals surface area (Å²) in [5.41, 5.74) is 0. The van der Waals surface area contributed by atoms with Gasteiger partial charge in [-0.25, -0.2) is 0 Å². The van der Waals surface area contributed by atoms with Crippen molar-refractivity contribution in [3.63, 3.8) is 0 Å². The van der Waals surface area contributed by atoms with Gasteiger partial charge in [-0.3, -0.25) is 0 Å². The molecule has 0 fully saturated rings. The summed E-state index contributed by atoms with van der Waals surface area (Å²) in [5.74, 6) is 0. The molecule has 0 aliphatic rings. The molecule has 3 rings (SSSR count). The average Bonchev–Trinajstić information content (AvgIpc) is 2.86. The van der Waals surface area contributed by atoms with Gasteiger partial charge in [-0.1, -0.05) is 112 Å². The van der Waals surface area contributed by atoms with E-state index in [1.165, 1.54) is 15.9 Å². The Balaban J connectivity index is 0.000000473. The van der Waals surface area contributed by atoms with Crippen molar-refractivity contribution in [1.29, 1.82) is 0 Å². The maximum atomic E-state index is 5.34. The topological polar surface area (TPSA) is 0 Å². The summed E-state index contributed by atoms with van der Waals surface area (Å²) in [7, 11) is 0. The standard InChI is InChI=1S/3C8H11PS2.Zr/c3*1-2-9(10,11)8-6-4-3-5-7-8;/h3*3-7H,2H2,1H3,(H,10,11);/q;;;+3/p-3. The molecule has 0 bridgehead atoms. The number of hydrogen-bond acceptors (Lipinski definition) is 6. The van der Waals surface area contributed by atoms with Crippen LogP contribution in [0.2, 0.25) is 0 Å². The molecule has 3 aromatic rings. The Morgan fingerprint density at radius 2 is 0.647 bits per heavy atom. The van der Waals surface area contributed by atoms with Crippen LogP contribution in [0.15, 0.2) is 91.0 Å². The third-order valence-corrected chi connectivity index (χ3v) is 18.9. The Kier molecular flexibility index (Phi) is 18.8. The quantitative estimate of drug-likeness (QED) is 0.204. The van der Waals surface area contributed by atoms with Crippen LogP contribution in [-0.4, -0.2) is 18.5 Å². The van der Waals surface area contributed by atoms with E-state index in [1.807, 2.05) is 91.0 Å². The Morgan fingerprint density at radius 3 is 0.794 bits per heavy atom. The second-order valence-corrected chi connectivity index (χ2v) is 27.8. The second kappa shape index (κ2) is 17.9. The van der Waals surface area contributed by atoms with Gasteiger partial charge in [0.2, 0.25) is 0 Å². The van der Waals surface area contributed by atoms with Crippen LogP contribution in [0.25, 0.3) is 0 Å². The van der Waals surface area contributed by atoms with Gasteiger partial charge >= 0.3 is 26.2 Å². The molecule has 0 N–H and O–H groups in total. The molecule has 3 atom stereocenters. The van der Waals surface area contributed by atoms with Crippen molar-refractivity contribution < 1.29 is 26.2 Å². The third kappa shape index (κ3) is 12.9. The zero-order valence-electron chi connectivity index (χ0n) is 19.6. The van der Waals surface area contributed by atoms with E-state index in [2.05, 4.69) is 20.8 Å². The maximum absolute atomic E-state index is 5.34. The van der Waals surface area contributed by atoms with Gasteiger partial charge in [-0.05, 0) is 34.4 Å². The summed E-state index contributed by atoms with van der Waals surface area (Å²) in [4.78, 5) is 0. The molecule has 1 radical (unpaired) electrons. The van der Waals surface area contributed by atoms with E-state index in [0.717, 1.165) is 18.5 Å². The number of rotatable bonds is 6. The molecule has 0 saturated heterocycles. The summed E-state index contributed by atoms with van der Waals surface area (Å²) < 4.78 is 0. The van der Waals surface area contributed by atoms with Gasteiger partial charge in [0.15, 0.2) is 0 Å². The molecule has 0 aromatic heterocycles. The Hall–Kier alpha value is 1.54. The van der Waals surface area contributed by atoms with Gasteiger partial charge in [0, 0.05) is 0 Å². The molecule has 0 heterocycles. The molecule has 10 heteroatoms. The first kappa shape index (κ1) is 35.5. The molecule has 3 unspecified atom stereocenters. The molecule has 0 amide bonds. The monoisotopic (exact) mass is 693 g/mol. The van der Waals surface area contributed by atoms with Crippen LogP contribution in [-0.2, 0) is 98.4 Å². The fourth-order valence-electron chi connectivity index (χ4n) is 2.51. The van der Waals surface area contributed by atoms with Gasteiger partial charge in [-0.2, -0.15) is 0 Å². The van der Waals surface area contributed by atoms with Gasteiger partial charge in [0.05, 0.1) is 0 Å². The molecule has 0 nitrogen and oxygen atoms in total. The Labute approximate surface area is 257 Å². The maximum Gasteiger partial charge on any atom is 3.00 e. The van der Waals surface area contributed by atoms with E-state index in [0.29, 0.717) is 0 Å². The predicted molar refractivity (Wildman–Crippen MR) is 175 cm³/mol. The molecule has 181 valence electrons. The fraction of sp³-hybridized carbons (Fsp3) is 0.250. The van der Waals surface area contributed by atoms with E-state index in [9.17, 15) is 0 Å². The van der Waals surface area contributed by atoms with E-state index in [-0.39, 0.29) is 26.2 Å². The average molecular weight is 695 g/mol. The normalized spacial score (nSPS) is 15.4. The SMILES string of the molecule is CCP(=S)([S-])c1ccccc1.CCP(=S)([S-])c1ccccc1.CCP(=S)([S-])c1ccccc1.[Zr+3]. The third-order valence-electron chi connectivity index (χ3n) is 4.70. The molecule has 3 aromatic carbocycles. The predicted octanol–water partition coefficient (Wildman–Crippen LogP) is 6.82. The number of hydrogen-bond donors (Lipinski definition) is 0. The summed E-state index contributed by atoms with van der Waals surface area (Å²) in [6, 6.07) is 30.2. The Morgan fingerprint density at radius 1 is 0.471 bits per heavy atom. The molecular weight excluding hydrogens is 665 g/mol. The van der Waals surface area contributed by atoms with Crippen molar-refractivity contribution in [2.45, 2.75) is 20.8 Å². The zero-order valence-corrected chi connectivity index (χ0v) is 29.6. The smallest absolute Gasteiger partial charge is 0.742 e. The second-order valence-electron chi connectivity index (χ2n) is 6.98. The van der Waals surface area contributed by atoms with Crippen LogP contribution in [0.3, 0.4) is 0 Å². The van der Waals surface area contributed by atoms with Crippen molar-refractivity contribution in [2.24, 2.45) is 0 Å². The molecule has 0 spiro atoms. The van der Waals surface area contributed by atoms with Crippen LogP contribution < -0.4 is 15.9 Å². The van der Waals surface area contributed by atoms with Crippen LogP contribution in [0.1, 0.15) is 20.8 Å². The minimum Gasteiger partial charge on any atom is -0.742 e. The zero-order chi connectivity index (χ0) is 25.0. The first-order valence-corrected chi connectivity index (χ1v) is 22.6. The molecular formula is C24H30P3S6Zr. The van der Waals surface area contributed by atoms with Crippen molar-refractivity contribution in [3.05, 3.63) is 91.0 Å². The molecule has 34 heavy (non-hydrogen) atoms. The minimum atomic E-state index is -1.61. The van der Waals surface area contributed by atoms with Crippen LogP contribution >= 0.6 is 15.7 Å². The van der Waals surface area contributed by atoms with E-state index in [4.69, 9.17) is 72.2 Å². The van der Waals surface area contributed by atoms with Crippen molar-refractivity contribution in [2.75, 3.05) is 18.5 Å². The summed E-state index contributed by atoms with van der Waals surface area (Å²) in [5, 5.41) is -1.31. The van der Waals surface area contributed by atoms with Crippen molar-refractivity contribution >= 4 is 104 Å². The Bertz CT molecular complexity index is 954. The van der Waals surface area contributed by atoms with Gasteiger partial charge in [-0.15, -0.1) is 51.1 Å². The first-order valence-electron chi connectivity index (χ1n) is 10.6. The van der Waals surface area contributed by atoms with Gasteiger partial charge in [0.25, 0.3) is 0 Å². The van der Waals surface area contributed by atoms with E-state index >= 15 is 0 Å². The van der Waals surface area contributed by atoms with Gasteiger partial charge in [0.1, 0.15) is 0 Å². The van der Waals surface area contributed by atoms with Crippen LogP contribution in [0.4, 0.5) is 0 Å². The largest absolute Gasteiger partial charge is 3.00 e. The molecule has 0 aliphatic carbocycles. The molecule has 0 saturated carbocycles. The fourth-order valence-corrected chi connectivity index (χ4v) is 7.68. The van der Waals surface area contributed by atoms with Crippen LogP contribution in [0, 0.1) is 0 Å². The van der Waals surface area contributed by atoms with Gasteiger partial charge < -0.3 is 36.7 Å². The first-order chi connectivity index (χ1) is 15.5. The summed E-state index contributed by atoms with van der Waals surface area (Å²) in [6.07, 6.45) is 2.80.